The van der Waals surface area contributed by atoms with Crippen molar-refractivity contribution in [3.63, 3.8) is 0 Å². The maximum atomic E-state index is 12.7. The number of nitrogens with zero attached hydrogens (tertiary/aromatic N) is 3. The SMILES string of the molecule is Cn1nccc1C(=O)N(c1ccc(CN)cc1)C1CC1. The molecule has 0 aliphatic heterocycles. The molecule has 0 bridgehead atoms. The van der Waals surface area contributed by atoms with Crippen molar-refractivity contribution in [1.82, 2.24) is 9.78 Å². The van der Waals surface area contributed by atoms with Crippen LogP contribution in [-0.4, -0.2) is 21.7 Å². The van der Waals surface area contributed by atoms with Gasteiger partial charge in [0.05, 0.1) is 0 Å². The highest BCUT2D eigenvalue weighted by molar-refractivity contribution is 6.05. The van der Waals surface area contributed by atoms with Crippen molar-refractivity contribution < 1.29 is 4.79 Å². The average molecular weight is 270 g/mol. The zero-order chi connectivity index (χ0) is 14.1. The molecule has 104 valence electrons. The van der Waals surface area contributed by atoms with Crippen LogP contribution in [0.1, 0.15) is 28.9 Å². The highest BCUT2D eigenvalue weighted by Gasteiger charge is 2.35. The van der Waals surface area contributed by atoms with Crippen LogP contribution in [0, 0.1) is 0 Å². The number of hydrogen-bond acceptors (Lipinski definition) is 3. The molecule has 1 aliphatic carbocycles. The standard InChI is InChI=1S/C15H18N4O/c1-18-14(8-9-17-18)15(20)19(13-6-7-13)12-4-2-11(10-16)3-5-12/h2-5,8-9,13H,6-7,10,16H2,1H3. The number of rotatable bonds is 4. The Bertz CT molecular complexity index is 613. The summed E-state index contributed by atoms with van der Waals surface area (Å²) in [5.74, 6) is 0.00741. The number of anilines is 1. The van der Waals surface area contributed by atoms with Crippen LogP contribution in [0.25, 0.3) is 0 Å². The highest BCUT2D eigenvalue weighted by Crippen LogP contribution is 2.33. The summed E-state index contributed by atoms with van der Waals surface area (Å²) in [4.78, 5) is 14.6. The third-order valence-electron chi connectivity index (χ3n) is 3.62. The molecule has 1 heterocycles. The number of hydrogen-bond donors (Lipinski definition) is 1. The number of carbonyl (C=O) groups is 1. The molecule has 0 atom stereocenters. The van der Waals surface area contributed by atoms with Crippen LogP contribution >= 0.6 is 0 Å². The van der Waals surface area contributed by atoms with Gasteiger partial charge in [-0.25, -0.2) is 0 Å². The van der Waals surface area contributed by atoms with Crippen molar-refractivity contribution >= 4 is 11.6 Å². The lowest BCUT2D eigenvalue weighted by molar-refractivity contribution is 0.0976. The fourth-order valence-electron chi connectivity index (χ4n) is 2.33. The van der Waals surface area contributed by atoms with E-state index < -0.39 is 0 Å². The first-order valence-electron chi connectivity index (χ1n) is 6.81. The maximum Gasteiger partial charge on any atom is 0.276 e. The normalized spacial score (nSPS) is 14.3. The van der Waals surface area contributed by atoms with Gasteiger partial charge in [-0.15, -0.1) is 0 Å². The van der Waals surface area contributed by atoms with Gasteiger partial charge in [-0.1, -0.05) is 12.1 Å². The molecule has 1 aromatic heterocycles. The predicted molar refractivity (Wildman–Crippen MR) is 77.4 cm³/mol. The monoisotopic (exact) mass is 270 g/mol. The second-order valence-electron chi connectivity index (χ2n) is 5.12. The summed E-state index contributed by atoms with van der Waals surface area (Å²) >= 11 is 0. The van der Waals surface area contributed by atoms with E-state index in [4.69, 9.17) is 5.73 Å². The molecule has 0 unspecified atom stereocenters. The second-order valence-corrected chi connectivity index (χ2v) is 5.12. The van der Waals surface area contributed by atoms with Gasteiger partial charge in [0.15, 0.2) is 0 Å². The van der Waals surface area contributed by atoms with Crippen molar-refractivity contribution in [1.29, 1.82) is 0 Å². The van der Waals surface area contributed by atoms with Gasteiger partial charge in [0.25, 0.3) is 5.91 Å². The first-order chi connectivity index (χ1) is 9.70. The van der Waals surface area contributed by atoms with E-state index in [0.717, 1.165) is 24.1 Å². The number of carbonyl (C=O) groups excluding carboxylic acids is 1. The van der Waals surface area contributed by atoms with E-state index in [1.54, 1.807) is 24.0 Å². The van der Waals surface area contributed by atoms with Crippen LogP contribution in [0.2, 0.25) is 0 Å². The molecule has 5 nitrogen and oxygen atoms in total. The third kappa shape index (κ3) is 2.32. The second kappa shape index (κ2) is 5.09. The first-order valence-corrected chi connectivity index (χ1v) is 6.81. The van der Waals surface area contributed by atoms with E-state index in [2.05, 4.69) is 5.10 Å². The summed E-state index contributed by atoms with van der Waals surface area (Å²) in [6.45, 7) is 0.513. The molecule has 3 rings (SSSR count). The molecule has 2 aromatic rings. The van der Waals surface area contributed by atoms with Crippen LogP contribution in [-0.2, 0) is 13.6 Å². The highest BCUT2D eigenvalue weighted by atomic mass is 16.2. The predicted octanol–water partition coefficient (Wildman–Crippen LogP) is 1.69. The fourth-order valence-corrected chi connectivity index (χ4v) is 2.33. The van der Waals surface area contributed by atoms with E-state index in [0.29, 0.717) is 18.3 Å². The molecule has 0 spiro atoms. The first kappa shape index (κ1) is 12.9. The number of nitrogens with two attached hydrogens (primary N) is 1. The smallest absolute Gasteiger partial charge is 0.276 e. The number of aromatic nitrogens is 2. The lowest BCUT2D eigenvalue weighted by Gasteiger charge is -2.22. The molecule has 1 aromatic carbocycles. The Morgan fingerprint density at radius 3 is 2.55 bits per heavy atom. The Morgan fingerprint density at radius 2 is 2.05 bits per heavy atom. The molecule has 5 heteroatoms. The Kier molecular flexibility index (Phi) is 3.28. The molecule has 20 heavy (non-hydrogen) atoms. The summed E-state index contributed by atoms with van der Waals surface area (Å²) < 4.78 is 1.62. The van der Waals surface area contributed by atoms with E-state index in [-0.39, 0.29) is 5.91 Å². The van der Waals surface area contributed by atoms with Gasteiger partial charge in [-0.05, 0) is 36.6 Å². The summed E-state index contributed by atoms with van der Waals surface area (Å²) in [6, 6.07) is 9.94. The quantitative estimate of drug-likeness (QED) is 0.919. The molecule has 1 amide bonds. The lowest BCUT2D eigenvalue weighted by atomic mass is 10.2. The van der Waals surface area contributed by atoms with E-state index in [1.807, 2.05) is 29.2 Å². The Morgan fingerprint density at radius 1 is 1.35 bits per heavy atom. The Labute approximate surface area is 118 Å². The minimum atomic E-state index is 0.00741. The van der Waals surface area contributed by atoms with Gasteiger partial charge in [0.2, 0.25) is 0 Å². The van der Waals surface area contributed by atoms with Gasteiger partial charge >= 0.3 is 0 Å². The van der Waals surface area contributed by atoms with Gasteiger partial charge in [-0.2, -0.15) is 5.10 Å². The zero-order valence-electron chi connectivity index (χ0n) is 11.5. The molecular weight excluding hydrogens is 252 g/mol. The van der Waals surface area contributed by atoms with Crippen molar-refractivity contribution in [2.24, 2.45) is 12.8 Å². The molecule has 1 saturated carbocycles. The maximum absolute atomic E-state index is 12.7. The summed E-state index contributed by atoms with van der Waals surface area (Å²) in [5.41, 5.74) is 8.22. The average Bonchev–Trinajstić information content (AvgIpc) is 3.20. The summed E-state index contributed by atoms with van der Waals surface area (Å²) in [6.07, 6.45) is 3.76. The molecule has 0 saturated heterocycles. The van der Waals surface area contributed by atoms with Gasteiger partial charge in [0.1, 0.15) is 5.69 Å². The van der Waals surface area contributed by atoms with E-state index in [1.165, 1.54) is 0 Å². The largest absolute Gasteiger partial charge is 0.326 e. The van der Waals surface area contributed by atoms with Crippen LogP contribution in [0.15, 0.2) is 36.5 Å². The topological polar surface area (TPSA) is 64.2 Å². The van der Waals surface area contributed by atoms with Crippen LogP contribution in [0.4, 0.5) is 5.69 Å². The number of amides is 1. The van der Waals surface area contributed by atoms with Gasteiger partial charge in [-0.3, -0.25) is 9.48 Å². The Balaban J connectivity index is 1.92. The zero-order valence-corrected chi connectivity index (χ0v) is 11.5. The number of aryl methyl sites for hydroxylation is 1. The summed E-state index contributed by atoms with van der Waals surface area (Å²) in [5, 5.41) is 4.07. The lowest BCUT2D eigenvalue weighted by Crippen LogP contribution is -2.34. The number of benzene rings is 1. The summed E-state index contributed by atoms with van der Waals surface area (Å²) in [7, 11) is 1.79. The van der Waals surface area contributed by atoms with Crippen LogP contribution in [0.5, 0.6) is 0 Å². The van der Waals surface area contributed by atoms with Gasteiger partial charge in [0, 0.05) is 31.5 Å². The minimum Gasteiger partial charge on any atom is -0.326 e. The van der Waals surface area contributed by atoms with Crippen LogP contribution in [0.3, 0.4) is 0 Å². The van der Waals surface area contributed by atoms with Crippen molar-refractivity contribution in [3.05, 3.63) is 47.8 Å². The molecule has 0 radical (unpaired) electrons. The minimum absolute atomic E-state index is 0.00741. The van der Waals surface area contributed by atoms with Crippen molar-refractivity contribution in [2.75, 3.05) is 4.90 Å². The van der Waals surface area contributed by atoms with E-state index >= 15 is 0 Å². The molecular formula is C15H18N4O. The van der Waals surface area contributed by atoms with Crippen molar-refractivity contribution in [3.8, 4) is 0 Å². The van der Waals surface area contributed by atoms with E-state index in [9.17, 15) is 4.79 Å². The molecule has 1 fully saturated rings. The Hall–Kier alpha value is -2.14. The molecule has 2 N–H and O–H groups in total. The van der Waals surface area contributed by atoms with Gasteiger partial charge < -0.3 is 10.6 Å². The van der Waals surface area contributed by atoms with Crippen LogP contribution < -0.4 is 10.6 Å². The third-order valence-corrected chi connectivity index (χ3v) is 3.62. The fraction of sp³-hybridized carbons (Fsp3) is 0.333. The molecule has 1 aliphatic rings. The van der Waals surface area contributed by atoms with Crippen molar-refractivity contribution in [2.45, 2.75) is 25.4 Å².